The Bertz CT molecular complexity index is 1120. The summed E-state index contributed by atoms with van der Waals surface area (Å²) >= 11 is 0. The molecule has 0 spiro atoms. The smallest absolute Gasteiger partial charge is 0.462 e. The summed E-state index contributed by atoms with van der Waals surface area (Å²) < 4.78 is 33.6. The van der Waals surface area contributed by atoms with Crippen molar-refractivity contribution in [1.29, 1.82) is 0 Å². The van der Waals surface area contributed by atoms with Crippen LogP contribution < -0.4 is 4.52 Å². The number of ether oxygens (including phenoxy) is 2. The van der Waals surface area contributed by atoms with Crippen molar-refractivity contribution in [3.8, 4) is 5.75 Å². The fourth-order valence-corrected chi connectivity index (χ4v) is 6.95. The lowest BCUT2D eigenvalue weighted by atomic mass is 10.0. The molecule has 1 aromatic carbocycles. The number of nitro benzene ring substituents is 1. The average Bonchev–Trinajstić information content (AvgIpc) is 3.13. The number of esters is 2. The zero-order valence-electron chi connectivity index (χ0n) is 33.1. The van der Waals surface area contributed by atoms with Gasteiger partial charge in [-0.15, -0.1) is 0 Å². The summed E-state index contributed by atoms with van der Waals surface area (Å²) in [5.41, 5.74) is -0.206. The molecule has 11 nitrogen and oxygen atoms in total. The van der Waals surface area contributed by atoms with E-state index < -0.39 is 37.4 Å². The molecule has 0 aliphatic heterocycles. The van der Waals surface area contributed by atoms with Gasteiger partial charge in [0.2, 0.25) is 0 Å². The Labute approximate surface area is 320 Å². The number of hydrogen-bond acceptors (Lipinski definition) is 9. The van der Waals surface area contributed by atoms with E-state index >= 15 is 0 Å². The molecule has 0 saturated carbocycles. The summed E-state index contributed by atoms with van der Waals surface area (Å²) in [5, 5.41) is 10.9. The van der Waals surface area contributed by atoms with Crippen molar-refractivity contribution in [2.75, 3.05) is 13.2 Å². The number of hydrogen-bond donors (Lipinski definition) is 1. The molecule has 1 rings (SSSR count). The number of phosphoric ester groups is 1. The molecule has 1 aromatic rings. The van der Waals surface area contributed by atoms with Gasteiger partial charge in [0.05, 0.1) is 4.92 Å². The van der Waals surface area contributed by atoms with Crippen molar-refractivity contribution in [2.24, 2.45) is 0 Å². The van der Waals surface area contributed by atoms with Crippen molar-refractivity contribution < 1.29 is 42.5 Å². The van der Waals surface area contributed by atoms with Gasteiger partial charge >= 0.3 is 19.8 Å². The first-order valence-electron chi connectivity index (χ1n) is 20.9. The molecule has 0 bridgehead atoms. The van der Waals surface area contributed by atoms with E-state index in [1.54, 1.807) is 0 Å². The first kappa shape index (κ1) is 48.5. The molecule has 0 aliphatic carbocycles. The Balaban J connectivity index is 2.41. The molecule has 0 heterocycles. The SMILES string of the molecule is CCCCCCCCCCCCCCCC(=O)OCC(COP(=O)(O)Oc1ccc([N+](=O)[O-])cc1)OC(=O)CCCCCCCCCCCCCCC. The predicted octanol–water partition coefficient (Wildman–Crippen LogP) is 12.5. The fraction of sp³-hybridized carbons (Fsp3) is 0.805. The van der Waals surface area contributed by atoms with Crippen molar-refractivity contribution >= 4 is 25.4 Å². The van der Waals surface area contributed by atoms with Gasteiger partial charge in [0.15, 0.2) is 6.10 Å². The normalized spacial score (nSPS) is 13.0. The second-order valence-corrected chi connectivity index (χ2v) is 15.8. The fourth-order valence-electron chi connectivity index (χ4n) is 6.16. The van der Waals surface area contributed by atoms with Crippen LogP contribution in [0.25, 0.3) is 0 Å². The van der Waals surface area contributed by atoms with E-state index in [0.29, 0.717) is 12.8 Å². The third kappa shape index (κ3) is 29.5. The molecule has 12 heteroatoms. The van der Waals surface area contributed by atoms with Gasteiger partial charge in [-0.2, -0.15) is 0 Å². The van der Waals surface area contributed by atoms with E-state index in [0.717, 1.165) is 50.7 Å². The second-order valence-electron chi connectivity index (χ2n) is 14.4. The van der Waals surface area contributed by atoms with Crippen molar-refractivity contribution in [2.45, 2.75) is 200 Å². The minimum atomic E-state index is -4.69. The molecule has 0 fully saturated rings. The molecule has 53 heavy (non-hydrogen) atoms. The van der Waals surface area contributed by atoms with Crippen LogP contribution >= 0.6 is 7.82 Å². The third-order valence-electron chi connectivity index (χ3n) is 9.39. The molecule has 0 saturated heterocycles. The topological polar surface area (TPSA) is 152 Å². The summed E-state index contributed by atoms with van der Waals surface area (Å²) in [7, 11) is -4.69. The molecule has 306 valence electrons. The van der Waals surface area contributed by atoms with Gasteiger partial charge < -0.3 is 14.0 Å². The monoisotopic (exact) mass is 769 g/mol. The Morgan fingerprint density at radius 2 is 1.00 bits per heavy atom. The van der Waals surface area contributed by atoms with Crippen LogP contribution in [0.4, 0.5) is 5.69 Å². The van der Waals surface area contributed by atoms with Crippen LogP contribution in [0.2, 0.25) is 0 Å². The third-order valence-corrected chi connectivity index (χ3v) is 10.3. The summed E-state index contributed by atoms with van der Waals surface area (Å²) in [6, 6.07) is 4.62. The van der Waals surface area contributed by atoms with Crippen LogP contribution in [0, 0.1) is 10.1 Å². The minimum absolute atomic E-state index is 0.110. The molecule has 0 radical (unpaired) electrons. The zero-order chi connectivity index (χ0) is 38.8. The molecule has 2 atom stereocenters. The standard InChI is InChI=1S/C41H72NO10P/c1-3-5-7-9-11-13-15-17-19-21-23-25-27-29-40(43)49-35-39(36-50-53(47,48)52-38-33-31-37(32-34-38)42(45)46)51-41(44)30-28-26-24-22-20-18-16-14-12-10-8-6-4-2/h31-34,39H,3-30,35-36H2,1-2H3,(H,47,48). The van der Waals surface area contributed by atoms with Gasteiger partial charge in [-0.1, -0.05) is 168 Å². The number of nitro groups is 1. The van der Waals surface area contributed by atoms with E-state index in [4.69, 9.17) is 18.5 Å². The van der Waals surface area contributed by atoms with E-state index in [-0.39, 0.29) is 30.9 Å². The lowest BCUT2D eigenvalue weighted by Gasteiger charge is -2.20. The van der Waals surface area contributed by atoms with E-state index in [9.17, 15) is 29.2 Å². The highest BCUT2D eigenvalue weighted by atomic mass is 31.2. The highest BCUT2D eigenvalue weighted by molar-refractivity contribution is 7.47. The number of unbranched alkanes of at least 4 members (excludes halogenated alkanes) is 24. The summed E-state index contributed by atoms with van der Waals surface area (Å²) in [6.45, 7) is 3.61. The number of benzene rings is 1. The van der Waals surface area contributed by atoms with E-state index in [1.165, 1.54) is 128 Å². The Hall–Kier alpha value is -2.49. The molecule has 1 N–H and O–H groups in total. The van der Waals surface area contributed by atoms with Gasteiger partial charge in [-0.25, -0.2) is 4.57 Å². The van der Waals surface area contributed by atoms with Crippen molar-refractivity contribution in [1.82, 2.24) is 0 Å². The average molecular weight is 770 g/mol. The van der Waals surface area contributed by atoms with Crippen molar-refractivity contribution in [3.63, 3.8) is 0 Å². The highest BCUT2D eigenvalue weighted by Crippen LogP contribution is 2.44. The largest absolute Gasteiger partial charge is 0.527 e. The predicted molar refractivity (Wildman–Crippen MR) is 211 cm³/mol. The number of nitrogens with zero attached hydrogens (tertiary/aromatic N) is 1. The molecular weight excluding hydrogens is 697 g/mol. The molecule has 0 aromatic heterocycles. The second kappa shape index (κ2) is 32.9. The highest BCUT2D eigenvalue weighted by Gasteiger charge is 2.28. The lowest BCUT2D eigenvalue weighted by Crippen LogP contribution is -2.29. The van der Waals surface area contributed by atoms with Gasteiger partial charge in [0.25, 0.3) is 5.69 Å². The first-order valence-corrected chi connectivity index (χ1v) is 22.4. The summed E-state index contributed by atoms with van der Waals surface area (Å²) in [6.07, 6.45) is 30.3. The summed E-state index contributed by atoms with van der Waals surface area (Å²) in [4.78, 5) is 45.7. The maximum absolute atomic E-state index is 12.7. The van der Waals surface area contributed by atoms with Gasteiger partial charge in [0.1, 0.15) is 19.0 Å². The maximum Gasteiger partial charge on any atom is 0.527 e. The van der Waals surface area contributed by atoms with Gasteiger partial charge in [0, 0.05) is 25.0 Å². The molecule has 0 aliphatic rings. The Morgan fingerprint density at radius 3 is 1.40 bits per heavy atom. The lowest BCUT2D eigenvalue weighted by molar-refractivity contribution is -0.384. The van der Waals surface area contributed by atoms with E-state index in [1.807, 2.05) is 0 Å². The number of carbonyl (C=O) groups excluding carboxylic acids is 2. The van der Waals surface area contributed by atoms with Crippen LogP contribution in [0.1, 0.15) is 194 Å². The number of rotatable bonds is 37. The molecular formula is C41H72NO10P. The summed E-state index contributed by atoms with van der Waals surface area (Å²) in [5.74, 6) is -1.04. The van der Waals surface area contributed by atoms with Crippen LogP contribution in [0.5, 0.6) is 5.75 Å². The van der Waals surface area contributed by atoms with Gasteiger partial charge in [-0.3, -0.25) is 29.1 Å². The number of carbonyl (C=O) groups is 2. The zero-order valence-corrected chi connectivity index (χ0v) is 34.0. The van der Waals surface area contributed by atoms with Crippen LogP contribution in [-0.4, -0.2) is 41.1 Å². The maximum atomic E-state index is 12.7. The van der Waals surface area contributed by atoms with Crippen LogP contribution in [0.15, 0.2) is 24.3 Å². The van der Waals surface area contributed by atoms with Gasteiger partial charge in [-0.05, 0) is 25.0 Å². The Kier molecular flexibility index (Phi) is 30.1. The number of non-ortho nitro benzene ring substituents is 1. The minimum Gasteiger partial charge on any atom is -0.462 e. The van der Waals surface area contributed by atoms with E-state index in [2.05, 4.69) is 13.8 Å². The van der Waals surface area contributed by atoms with Crippen molar-refractivity contribution in [3.05, 3.63) is 34.4 Å². The van der Waals surface area contributed by atoms with Crippen LogP contribution in [0.3, 0.4) is 0 Å². The molecule has 2 unspecified atom stereocenters. The Morgan fingerprint density at radius 1 is 0.623 bits per heavy atom. The van der Waals surface area contributed by atoms with Crippen LogP contribution in [-0.2, 0) is 28.2 Å². The molecule has 0 amide bonds. The first-order chi connectivity index (χ1) is 25.7. The number of phosphoric acid groups is 1. The quantitative estimate of drug-likeness (QED) is 0.0227.